The quantitative estimate of drug-likeness (QED) is 0.821. The molecule has 0 aliphatic heterocycles. The van der Waals surface area contributed by atoms with Gasteiger partial charge in [-0.25, -0.2) is 0 Å². The van der Waals surface area contributed by atoms with Crippen LogP contribution in [0.15, 0.2) is 21.4 Å². The molecule has 13 heavy (non-hydrogen) atoms. The molecule has 0 saturated heterocycles. The Balaban J connectivity index is 2.76. The van der Waals surface area contributed by atoms with Gasteiger partial charge in [0.1, 0.15) is 0 Å². The number of furan rings is 1. The number of rotatable bonds is 4. The van der Waals surface area contributed by atoms with Gasteiger partial charge < -0.3 is 9.73 Å². The van der Waals surface area contributed by atoms with E-state index in [4.69, 9.17) is 10.8 Å². The summed E-state index contributed by atoms with van der Waals surface area (Å²) in [7, 11) is 0. The summed E-state index contributed by atoms with van der Waals surface area (Å²) in [4.78, 5) is 0. The molecular weight excluding hydrogens is 230 g/mol. The summed E-state index contributed by atoms with van der Waals surface area (Å²) in [6.45, 7) is 2.95. The Morgan fingerprint density at radius 2 is 2.54 bits per heavy atom. The van der Waals surface area contributed by atoms with Crippen molar-refractivity contribution >= 4 is 15.9 Å². The minimum absolute atomic E-state index is 0.183. The summed E-state index contributed by atoms with van der Waals surface area (Å²) in [5.74, 6) is 2.64. The Hall–Kier alpha value is -0.720. The fraction of sp³-hybridized carbons (Fsp3) is 0.400. The maximum atomic E-state index is 5.28. The largest absolute Gasteiger partial charge is 0.457 e. The SMILES string of the molecule is C#CCC(NCC)c1ccoc1Br. The molecule has 0 spiro atoms. The van der Waals surface area contributed by atoms with Crippen LogP contribution in [0.2, 0.25) is 0 Å². The van der Waals surface area contributed by atoms with Crippen LogP contribution < -0.4 is 5.32 Å². The van der Waals surface area contributed by atoms with Gasteiger partial charge >= 0.3 is 0 Å². The number of nitrogens with one attached hydrogen (secondary N) is 1. The molecule has 0 amide bonds. The van der Waals surface area contributed by atoms with E-state index in [0.717, 1.165) is 16.8 Å². The summed E-state index contributed by atoms with van der Waals surface area (Å²) in [6, 6.07) is 2.11. The Labute approximate surface area is 86.8 Å². The molecule has 1 N–H and O–H groups in total. The zero-order valence-electron chi connectivity index (χ0n) is 7.51. The molecule has 1 unspecified atom stereocenters. The van der Waals surface area contributed by atoms with Crippen molar-refractivity contribution in [1.29, 1.82) is 0 Å². The van der Waals surface area contributed by atoms with Crippen LogP contribution in [0, 0.1) is 12.3 Å². The molecule has 70 valence electrons. The maximum Gasteiger partial charge on any atom is 0.173 e. The molecule has 1 atom stereocenters. The van der Waals surface area contributed by atoms with Crippen molar-refractivity contribution in [3.63, 3.8) is 0 Å². The zero-order chi connectivity index (χ0) is 9.68. The number of hydrogen-bond donors (Lipinski definition) is 1. The van der Waals surface area contributed by atoms with Gasteiger partial charge in [-0.3, -0.25) is 0 Å². The van der Waals surface area contributed by atoms with Crippen LogP contribution >= 0.6 is 15.9 Å². The van der Waals surface area contributed by atoms with Crippen LogP contribution in [0.1, 0.15) is 24.9 Å². The highest BCUT2D eigenvalue weighted by molar-refractivity contribution is 9.10. The van der Waals surface area contributed by atoms with Crippen LogP contribution in [0.25, 0.3) is 0 Å². The molecule has 3 heteroatoms. The Morgan fingerprint density at radius 1 is 1.77 bits per heavy atom. The summed E-state index contributed by atoms with van der Waals surface area (Å²) < 4.78 is 5.90. The van der Waals surface area contributed by atoms with Crippen molar-refractivity contribution in [3.8, 4) is 12.3 Å². The van der Waals surface area contributed by atoms with Gasteiger partial charge in [-0.2, -0.15) is 0 Å². The first-order valence-electron chi connectivity index (χ1n) is 4.19. The lowest BCUT2D eigenvalue weighted by Crippen LogP contribution is -2.20. The fourth-order valence-electron chi connectivity index (χ4n) is 1.21. The predicted molar refractivity (Wildman–Crippen MR) is 56.3 cm³/mol. The first kappa shape index (κ1) is 10.4. The van der Waals surface area contributed by atoms with Gasteiger partial charge in [-0.15, -0.1) is 12.3 Å². The van der Waals surface area contributed by atoms with Crippen molar-refractivity contribution in [2.24, 2.45) is 0 Å². The first-order chi connectivity index (χ1) is 6.29. The van der Waals surface area contributed by atoms with Crippen molar-refractivity contribution in [3.05, 3.63) is 22.6 Å². The third-order valence-electron chi connectivity index (χ3n) is 1.79. The average Bonchev–Trinajstić information content (AvgIpc) is 2.51. The molecule has 1 aromatic heterocycles. The molecule has 0 radical (unpaired) electrons. The smallest absolute Gasteiger partial charge is 0.173 e. The third-order valence-corrected chi connectivity index (χ3v) is 2.44. The molecule has 0 bridgehead atoms. The topological polar surface area (TPSA) is 25.2 Å². The molecule has 1 aromatic rings. The second kappa shape index (κ2) is 5.11. The van der Waals surface area contributed by atoms with E-state index in [1.165, 1.54) is 0 Å². The van der Waals surface area contributed by atoms with Gasteiger partial charge in [0, 0.05) is 18.0 Å². The van der Waals surface area contributed by atoms with Crippen LogP contribution in [0.4, 0.5) is 0 Å². The van der Waals surface area contributed by atoms with E-state index in [9.17, 15) is 0 Å². The molecule has 0 aromatic carbocycles. The predicted octanol–water partition coefficient (Wildman–Crippen LogP) is 2.72. The summed E-state index contributed by atoms with van der Waals surface area (Å²) in [5, 5.41) is 3.29. The van der Waals surface area contributed by atoms with Gasteiger partial charge in [0.05, 0.1) is 6.26 Å². The molecule has 0 aliphatic rings. The van der Waals surface area contributed by atoms with Gasteiger partial charge in [0.2, 0.25) is 0 Å². The van der Waals surface area contributed by atoms with Crippen LogP contribution in [-0.4, -0.2) is 6.54 Å². The fourth-order valence-corrected chi connectivity index (χ4v) is 1.73. The number of hydrogen-bond acceptors (Lipinski definition) is 2. The molecule has 2 nitrogen and oxygen atoms in total. The summed E-state index contributed by atoms with van der Waals surface area (Å²) in [5.41, 5.74) is 1.08. The van der Waals surface area contributed by atoms with E-state index < -0.39 is 0 Å². The Kier molecular flexibility index (Phi) is 4.07. The molecule has 0 aliphatic carbocycles. The van der Waals surface area contributed by atoms with E-state index in [1.807, 2.05) is 6.07 Å². The number of halogens is 1. The van der Waals surface area contributed by atoms with Crippen LogP contribution in [-0.2, 0) is 0 Å². The van der Waals surface area contributed by atoms with E-state index in [-0.39, 0.29) is 6.04 Å². The average molecular weight is 242 g/mol. The van der Waals surface area contributed by atoms with Gasteiger partial charge in [-0.05, 0) is 28.5 Å². The van der Waals surface area contributed by atoms with E-state index in [0.29, 0.717) is 6.42 Å². The lowest BCUT2D eigenvalue weighted by atomic mass is 10.1. The first-order valence-corrected chi connectivity index (χ1v) is 4.98. The highest BCUT2D eigenvalue weighted by atomic mass is 79.9. The zero-order valence-corrected chi connectivity index (χ0v) is 9.10. The van der Waals surface area contributed by atoms with Crippen LogP contribution in [0.3, 0.4) is 0 Å². The van der Waals surface area contributed by atoms with Crippen molar-refractivity contribution in [1.82, 2.24) is 5.32 Å². The summed E-state index contributed by atoms with van der Waals surface area (Å²) in [6.07, 6.45) is 7.61. The van der Waals surface area contributed by atoms with Gasteiger partial charge in [0.25, 0.3) is 0 Å². The minimum atomic E-state index is 0.183. The molecule has 0 fully saturated rings. The van der Waals surface area contributed by atoms with Crippen molar-refractivity contribution < 1.29 is 4.42 Å². The van der Waals surface area contributed by atoms with E-state index >= 15 is 0 Å². The Morgan fingerprint density at radius 3 is 3.00 bits per heavy atom. The molecule has 0 saturated carbocycles. The summed E-state index contributed by atoms with van der Waals surface area (Å²) >= 11 is 3.33. The maximum absolute atomic E-state index is 5.28. The second-order valence-corrected chi connectivity index (χ2v) is 3.39. The molecule has 1 heterocycles. The monoisotopic (exact) mass is 241 g/mol. The van der Waals surface area contributed by atoms with Crippen molar-refractivity contribution in [2.45, 2.75) is 19.4 Å². The van der Waals surface area contributed by atoms with E-state index in [1.54, 1.807) is 6.26 Å². The van der Waals surface area contributed by atoms with E-state index in [2.05, 4.69) is 34.1 Å². The normalized spacial score (nSPS) is 12.4. The highest BCUT2D eigenvalue weighted by Gasteiger charge is 2.13. The van der Waals surface area contributed by atoms with Crippen molar-refractivity contribution in [2.75, 3.05) is 6.54 Å². The standard InChI is InChI=1S/C10H12BrNO/c1-3-5-9(12-4-2)8-6-7-13-10(8)11/h1,6-7,9,12H,4-5H2,2H3. The second-order valence-electron chi connectivity index (χ2n) is 2.67. The van der Waals surface area contributed by atoms with Crippen LogP contribution in [0.5, 0.6) is 0 Å². The van der Waals surface area contributed by atoms with Gasteiger partial charge in [0.15, 0.2) is 4.67 Å². The minimum Gasteiger partial charge on any atom is -0.457 e. The molecular formula is C10H12BrNO. The Bertz CT molecular complexity index is 300. The lowest BCUT2D eigenvalue weighted by molar-refractivity contribution is 0.512. The molecule has 1 rings (SSSR count). The number of terminal acetylenes is 1. The third kappa shape index (κ3) is 2.61. The lowest BCUT2D eigenvalue weighted by Gasteiger charge is -2.13. The highest BCUT2D eigenvalue weighted by Crippen LogP contribution is 2.26. The van der Waals surface area contributed by atoms with Gasteiger partial charge in [-0.1, -0.05) is 6.92 Å².